The van der Waals surface area contributed by atoms with Crippen LogP contribution in [0.3, 0.4) is 0 Å². The van der Waals surface area contributed by atoms with E-state index in [0.717, 1.165) is 6.54 Å². The zero-order valence-corrected chi connectivity index (χ0v) is 15.1. The van der Waals surface area contributed by atoms with Crippen LogP contribution in [0.1, 0.15) is 56.2 Å². The lowest BCUT2D eigenvalue weighted by atomic mass is 9.84. The highest BCUT2D eigenvalue weighted by molar-refractivity contribution is 9.10. The third-order valence-corrected chi connectivity index (χ3v) is 7.99. The molecule has 2 aliphatic carbocycles. The molecule has 4 heteroatoms. The maximum Gasteiger partial charge on any atom is 0.0346 e. The summed E-state index contributed by atoms with van der Waals surface area (Å²) in [5.41, 5.74) is 0.870. The van der Waals surface area contributed by atoms with Gasteiger partial charge in [-0.3, -0.25) is 4.90 Å². The first kappa shape index (κ1) is 14.7. The predicted octanol–water partition coefficient (Wildman–Crippen LogP) is 4.54. The van der Waals surface area contributed by atoms with Crippen molar-refractivity contribution in [1.82, 2.24) is 10.2 Å². The number of thiophene rings is 1. The summed E-state index contributed by atoms with van der Waals surface area (Å²) in [6.45, 7) is 3.62. The van der Waals surface area contributed by atoms with Gasteiger partial charge in [0.15, 0.2) is 0 Å². The van der Waals surface area contributed by atoms with Crippen LogP contribution >= 0.6 is 27.3 Å². The number of hydrogen-bond donors (Lipinski definition) is 1. The number of piperazine rings is 1. The third kappa shape index (κ3) is 2.62. The van der Waals surface area contributed by atoms with Gasteiger partial charge in [-0.25, -0.2) is 0 Å². The quantitative estimate of drug-likeness (QED) is 0.823. The van der Waals surface area contributed by atoms with Gasteiger partial charge in [0.05, 0.1) is 0 Å². The van der Waals surface area contributed by atoms with Gasteiger partial charge < -0.3 is 5.32 Å². The monoisotopic (exact) mass is 368 g/mol. The van der Waals surface area contributed by atoms with Crippen LogP contribution in [0.5, 0.6) is 0 Å². The van der Waals surface area contributed by atoms with Crippen molar-refractivity contribution in [2.24, 2.45) is 0 Å². The van der Waals surface area contributed by atoms with Gasteiger partial charge in [-0.1, -0.05) is 25.7 Å². The Morgan fingerprint density at radius 1 is 1.14 bits per heavy atom. The molecule has 4 rings (SSSR count). The fourth-order valence-electron chi connectivity index (χ4n) is 4.80. The molecule has 2 saturated carbocycles. The number of halogens is 1. The largest absolute Gasteiger partial charge is 0.308 e. The zero-order chi connectivity index (χ0) is 14.3. The van der Waals surface area contributed by atoms with Crippen LogP contribution in [0, 0.1) is 0 Å². The molecule has 0 bridgehead atoms. The lowest BCUT2D eigenvalue weighted by molar-refractivity contribution is 0.00335. The van der Waals surface area contributed by atoms with Crippen molar-refractivity contribution < 1.29 is 0 Å². The fraction of sp³-hybridized carbons (Fsp3) is 0.765. The third-order valence-electron chi connectivity index (χ3n) is 6.08. The van der Waals surface area contributed by atoms with E-state index < -0.39 is 0 Å². The Morgan fingerprint density at radius 3 is 2.52 bits per heavy atom. The van der Waals surface area contributed by atoms with Crippen molar-refractivity contribution in [2.75, 3.05) is 13.1 Å². The van der Waals surface area contributed by atoms with E-state index in [4.69, 9.17) is 0 Å². The summed E-state index contributed by atoms with van der Waals surface area (Å²) in [5, 5.41) is 6.22. The first-order valence-electron chi connectivity index (χ1n) is 8.44. The van der Waals surface area contributed by atoms with Crippen molar-refractivity contribution in [1.29, 1.82) is 0 Å². The smallest absolute Gasteiger partial charge is 0.0346 e. The normalized spacial score (nSPS) is 27.9. The highest BCUT2D eigenvalue weighted by Crippen LogP contribution is 2.43. The maximum atomic E-state index is 4.00. The first-order valence-corrected chi connectivity index (χ1v) is 10.1. The molecule has 0 atom stereocenters. The van der Waals surface area contributed by atoms with Gasteiger partial charge in [0.1, 0.15) is 0 Å². The number of nitrogens with one attached hydrogen (secondary N) is 1. The van der Waals surface area contributed by atoms with Crippen molar-refractivity contribution >= 4 is 27.3 Å². The van der Waals surface area contributed by atoms with Crippen molar-refractivity contribution in [3.05, 3.63) is 20.8 Å². The van der Waals surface area contributed by atoms with E-state index in [1.165, 1.54) is 73.8 Å². The summed E-state index contributed by atoms with van der Waals surface area (Å²) in [4.78, 5) is 4.37. The summed E-state index contributed by atoms with van der Waals surface area (Å²) in [6, 6.07) is 2.20. The standard InChI is InChI=1S/C17H25BrN2S/c18-14-5-10-21-15(14)11-20-13-16(6-1-2-7-16)19-12-17(20)8-3-4-9-17/h5,10,19H,1-4,6-9,11-13H2. The van der Waals surface area contributed by atoms with Gasteiger partial charge in [-0.2, -0.15) is 0 Å². The van der Waals surface area contributed by atoms with Crippen LogP contribution in [0.2, 0.25) is 0 Å². The summed E-state index contributed by atoms with van der Waals surface area (Å²) in [5.74, 6) is 0. The molecule has 0 amide bonds. The van der Waals surface area contributed by atoms with Crippen molar-refractivity contribution in [2.45, 2.75) is 69.0 Å². The average Bonchev–Trinajstić information content (AvgIpc) is 3.19. The van der Waals surface area contributed by atoms with E-state index >= 15 is 0 Å². The Labute approximate surface area is 140 Å². The molecule has 0 aromatic carbocycles. The molecule has 1 aromatic heterocycles. The SMILES string of the molecule is Brc1ccsc1CN1CC2(CCCC2)NCC12CCCC2. The van der Waals surface area contributed by atoms with Gasteiger partial charge in [0, 0.05) is 40.1 Å². The number of hydrogen-bond acceptors (Lipinski definition) is 3. The molecule has 21 heavy (non-hydrogen) atoms. The van der Waals surface area contributed by atoms with Crippen molar-refractivity contribution in [3.8, 4) is 0 Å². The zero-order valence-electron chi connectivity index (χ0n) is 12.7. The van der Waals surface area contributed by atoms with E-state index in [-0.39, 0.29) is 0 Å². The first-order chi connectivity index (χ1) is 10.2. The number of nitrogens with zero attached hydrogens (tertiary/aromatic N) is 1. The van der Waals surface area contributed by atoms with E-state index in [2.05, 4.69) is 37.6 Å². The molecule has 1 aliphatic heterocycles. The predicted molar refractivity (Wildman–Crippen MR) is 92.8 cm³/mol. The van der Waals surface area contributed by atoms with E-state index in [9.17, 15) is 0 Å². The van der Waals surface area contributed by atoms with Gasteiger partial charge in [-0.15, -0.1) is 11.3 Å². The second kappa shape index (κ2) is 5.63. The van der Waals surface area contributed by atoms with Crippen LogP contribution in [0.25, 0.3) is 0 Å². The minimum absolute atomic E-state index is 0.428. The van der Waals surface area contributed by atoms with Gasteiger partial charge in [0.25, 0.3) is 0 Å². The highest BCUT2D eigenvalue weighted by atomic mass is 79.9. The van der Waals surface area contributed by atoms with Gasteiger partial charge >= 0.3 is 0 Å². The molecular weight excluding hydrogens is 344 g/mol. The summed E-state index contributed by atoms with van der Waals surface area (Å²) in [7, 11) is 0. The summed E-state index contributed by atoms with van der Waals surface area (Å²) >= 11 is 5.64. The molecule has 0 radical (unpaired) electrons. The Balaban J connectivity index is 1.59. The minimum Gasteiger partial charge on any atom is -0.308 e. The Morgan fingerprint density at radius 2 is 1.86 bits per heavy atom. The second-order valence-electron chi connectivity index (χ2n) is 7.32. The molecule has 2 spiro atoms. The van der Waals surface area contributed by atoms with Crippen LogP contribution in [-0.4, -0.2) is 29.1 Å². The van der Waals surface area contributed by atoms with Crippen LogP contribution in [-0.2, 0) is 6.54 Å². The average molecular weight is 369 g/mol. The van der Waals surface area contributed by atoms with Crippen LogP contribution in [0.4, 0.5) is 0 Å². The molecule has 116 valence electrons. The molecule has 0 unspecified atom stereocenters. The molecule has 3 aliphatic rings. The van der Waals surface area contributed by atoms with Crippen LogP contribution < -0.4 is 5.32 Å². The Bertz CT molecular complexity index is 501. The number of rotatable bonds is 2. The maximum absolute atomic E-state index is 4.00. The summed E-state index contributed by atoms with van der Waals surface area (Å²) in [6.07, 6.45) is 11.2. The summed E-state index contributed by atoms with van der Waals surface area (Å²) < 4.78 is 1.31. The van der Waals surface area contributed by atoms with Gasteiger partial charge in [-0.05, 0) is 53.1 Å². The molecule has 2 heterocycles. The van der Waals surface area contributed by atoms with E-state index in [0.29, 0.717) is 11.1 Å². The second-order valence-corrected chi connectivity index (χ2v) is 9.18. The lowest BCUT2D eigenvalue weighted by Gasteiger charge is -2.52. The van der Waals surface area contributed by atoms with E-state index in [1.54, 1.807) is 0 Å². The molecule has 2 nitrogen and oxygen atoms in total. The Hall–Kier alpha value is 0.1000. The molecule has 3 fully saturated rings. The van der Waals surface area contributed by atoms with Crippen molar-refractivity contribution in [3.63, 3.8) is 0 Å². The highest BCUT2D eigenvalue weighted by Gasteiger charge is 2.49. The fourth-order valence-corrected chi connectivity index (χ4v) is 6.29. The topological polar surface area (TPSA) is 15.3 Å². The van der Waals surface area contributed by atoms with Crippen LogP contribution in [0.15, 0.2) is 15.9 Å². The molecule has 1 saturated heterocycles. The molecular formula is C17H25BrN2S. The molecule has 1 N–H and O–H groups in total. The van der Waals surface area contributed by atoms with Gasteiger partial charge in [0.2, 0.25) is 0 Å². The lowest BCUT2D eigenvalue weighted by Crippen LogP contribution is -2.68. The Kier molecular flexibility index (Phi) is 3.93. The van der Waals surface area contributed by atoms with E-state index in [1.807, 2.05) is 11.3 Å². The minimum atomic E-state index is 0.428. The molecule has 1 aromatic rings.